The van der Waals surface area contributed by atoms with Crippen molar-refractivity contribution in [1.82, 2.24) is 4.98 Å². The number of halogens is 1. The van der Waals surface area contributed by atoms with Crippen LogP contribution in [0.3, 0.4) is 0 Å². The van der Waals surface area contributed by atoms with Crippen LogP contribution in [0.15, 0.2) is 22.8 Å². The first kappa shape index (κ1) is 10.9. The largest absolute Gasteiger partial charge is 0.369 e. The van der Waals surface area contributed by atoms with E-state index in [0.717, 1.165) is 29.8 Å². The number of aromatic nitrogens is 1. The third kappa shape index (κ3) is 2.69. The Morgan fingerprint density at radius 1 is 1.53 bits per heavy atom. The van der Waals surface area contributed by atoms with E-state index < -0.39 is 0 Å². The summed E-state index contributed by atoms with van der Waals surface area (Å²) in [6.45, 7) is 1.77. The van der Waals surface area contributed by atoms with Crippen molar-refractivity contribution in [2.75, 3.05) is 18.4 Å². The SMILES string of the molecule is NCCC1(CNc2ncccc2Br)CC1. The Bertz CT molecular complexity index is 336. The van der Waals surface area contributed by atoms with Crippen LogP contribution >= 0.6 is 15.9 Å². The normalized spacial score (nSPS) is 17.5. The number of pyridine rings is 1. The molecule has 1 fully saturated rings. The average Bonchev–Trinajstić information content (AvgIpc) is 2.98. The summed E-state index contributed by atoms with van der Waals surface area (Å²) in [5.74, 6) is 0.931. The third-order valence-corrected chi connectivity index (χ3v) is 3.66. The van der Waals surface area contributed by atoms with Gasteiger partial charge >= 0.3 is 0 Å². The van der Waals surface area contributed by atoms with Gasteiger partial charge in [-0.2, -0.15) is 0 Å². The molecule has 1 aromatic heterocycles. The maximum atomic E-state index is 5.60. The monoisotopic (exact) mass is 269 g/mol. The fraction of sp³-hybridized carbons (Fsp3) is 0.545. The van der Waals surface area contributed by atoms with Gasteiger partial charge in [0.1, 0.15) is 5.82 Å². The molecule has 3 N–H and O–H groups in total. The molecular formula is C11H16BrN3. The van der Waals surface area contributed by atoms with Gasteiger partial charge in [-0.25, -0.2) is 4.98 Å². The molecule has 1 saturated carbocycles. The summed E-state index contributed by atoms with van der Waals surface area (Å²) >= 11 is 3.47. The second kappa shape index (κ2) is 4.49. The van der Waals surface area contributed by atoms with E-state index in [2.05, 4.69) is 26.2 Å². The quantitative estimate of drug-likeness (QED) is 0.863. The van der Waals surface area contributed by atoms with Gasteiger partial charge in [-0.3, -0.25) is 0 Å². The van der Waals surface area contributed by atoms with Gasteiger partial charge in [0.2, 0.25) is 0 Å². The molecule has 2 rings (SSSR count). The van der Waals surface area contributed by atoms with E-state index in [1.165, 1.54) is 12.8 Å². The van der Waals surface area contributed by atoms with Crippen molar-refractivity contribution in [1.29, 1.82) is 0 Å². The van der Waals surface area contributed by atoms with Gasteiger partial charge in [0.25, 0.3) is 0 Å². The molecule has 3 nitrogen and oxygen atoms in total. The maximum absolute atomic E-state index is 5.60. The highest BCUT2D eigenvalue weighted by Crippen LogP contribution is 2.48. The number of nitrogens with one attached hydrogen (secondary N) is 1. The summed E-state index contributed by atoms with van der Waals surface area (Å²) in [4.78, 5) is 4.28. The Kier molecular flexibility index (Phi) is 3.26. The summed E-state index contributed by atoms with van der Waals surface area (Å²) in [7, 11) is 0. The van der Waals surface area contributed by atoms with Crippen LogP contribution in [-0.4, -0.2) is 18.1 Å². The van der Waals surface area contributed by atoms with E-state index >= 15 is 0 Å². The first-order chi connectivity index (χ1) is 7.26. The number of rotatable bonds is 5. The molecular weight excluding hydrogens is 254 g/mol. The molecule has 1 aromatic rings. The minimum absolute atomic E-state index is 0.450. The van der Waals surface area contributed by atoms with E-state index in [1.54, 1.807) is 6.20 Å². The van der Waals surface area contributed by atoms with E-state index in [9.17, 15) is 0 Å². The van der Waals surface area contributed by atoms with Gasteiger partial charge in [0.15, 0.2) is 0 Å². The fourth-order valence-corrected chi connectivity index (χ4v) is 2.18. The minimum atomic E-state index is 0.450. The zero-order valence-corrected chi connectivity index (χ0v) is 10.3. The summed E-state index contributed by atoms with van der Waals surface area (Å²) in [5.41, 5.74) is 6.05. The molecule has 4 heteroatoms. The Balaban J connectivity index is 1.91. The molecule has 0 spiro atoms. The molecule has 0 unspecified atom stereocenters. The molecule has 1 aliphatic rings. The highest BCUT2D eigenvalue weighted by atomic mass is 79.9. The van der Waals surface area contributed by atoms with Crippen LogP contribution in [0.5, 0.6) is 0 Å². The third-order valence-electron chi connectivity index (χ3n) is 3.02. The highest BCUT2D eigenvalue weighted by Gasteiger charge is 2.41. The average molecular weight is 270 g/mol. The van der Waals surface area contributed by atoms with Gasteiger partial charge in [-0.05, 0) is 59.3 Å². The maximum Gasteiger partial charge on any atom is 0.140 e. The van der Waals surface area contributed by atoms with Gasteiger partial charge in [0.05, 0.1) is 4.47 Å². The zero-order valence-electron chi connectivity index (χ0n) is 8.67. The van der Waals surface area contributed by atoms with Crippen LogP contribution < -0.4 is 11.1 Å². The fourth-order valence-electron chi connectivity index (χ4n) is 1.79. The van der Waals surface area contributed by atoms with E-state index in [-0.39, 0.29) is 0 Å². The van der Waals surface area contributed by atoms with Crippen molar-refractivity contribution in [2.45, 2.75) is 19.3 Å². The Morgan fingerprint density at radius 3 is 2.93 bits per heavy atom. The minimum Gasteiger partial charge on any atom is -0.369 e. The standard InChI is InChI=1S/C11H16BrN3/c12-9-2-1-7-14-10(9)15-8-11(3-4-11)5-6-13/h1-2,7H,3-6,8,13H2,(H,14,15). The number of nitrogens with two attached hydrogens (primary N) is 1. The molecule has 0 aromatic carbocycles. The molecule has 15 heavy (non-hydrogen) atoms. The Morgan fingerprint density at radius 2 is 2.33 bits per heavy atom. The second-order valence-electron chi connectivity index (χ2n) is 4.23. The van der Waals surface area contributed by atoms with Gasteiger partial charge in [-0.15, -0.1) is 0 Å². The summed E-state index contributed by atoms with van der Waals surface area (Å²) in [6.07, 6.45) is 5.50. The first-order valence-corrected chi connectivity index (χ1v) is 6.10. The Labute approximate surface area is 98.6 Å². The molecule has 82 valence electrons. The lowest BCUT2D eigenvalue weighted by Crippen LogP contribution is -2.19. The first-order valence-electron chi connectivity index (χ1n) is 5.30. The van der Waals surface area contributed by atoms with Gasteiger partial charge < -0.3 is 11.1 Å². The lowest BCUT2D eigenvalue weighted by Gasteiger charge is -2.15. The molecule has 1 heterocycles. The topological polar surface area (TPSA) is 50.9 Å². The highest BCUT2D eigenvalue weighted by molar-refractivity contribution is 9.10. The van der Waals surface area contributed by atoms with Crippen LogP contribution in [0.1, 0.15) is 19.3 Å². The van der Waals surface area contributed by atoms with Crippen molar-refractivity contribution >= 4 is 21.7 Å². The molecule has 0 atom stereocenters. The summed E-state index contributed by atoms with van der Waals surface area (Å²) in [6, 6.07) is 3.92. The van der Waals surface area contributed by atoms with Crippen molar-refractivity contribution in [3.05, 3.63) is 22.8 Å². The van der Waals surface area contributed by atoms with E-state index in [1.807, 2.05) is 12.1 Å². The Hall–Kier alpha value is -0.610. The molecule has 0 saturated heterocycles. The molecule has 0 aliphatic heterocycles. The van der Waals surface area contributed by atoms with Crippen molar-refractivity contribution in [3.8, 4) is 0 Å². The van der Waals surface area contributed by atoms with Crippen LogP contribution in [-0.2, 0) is 0 Å². The number of hydrogen-bond acceptors (Lipinski definition) is 3. The number of anilines is 1. The zero-order chi connectivity index (χ0) is 10.7. The lowest BCUT2D eigenvalue weighted by molar-refractivity contribution is 0.500. The van der Waals surface area contributed by atoms with E-state index in [4.69, 9.17) is 5.73 Å². The summed E-state index contributed by atoms with van der Waals surface area (Å²) < 4.78 is 1.02. The smallest absolute Gasteiger partial charge is 0.140 e. The molecule has 0 amide bonds. The van der Waals surface area contributed by atoms with Crippen molar-refractivity contribution in [3.63, 3.8) is 0 Å². The summed E-state index contributed by atoms with van der Waals surface area (Å²) in [5, 5.41) is 3.39. The number of nitrogens with zero attached hydrogens (tertiary/aromatic N) is 1. The van der Waals surface area contributed by atoms with Crippen molar-refractivity contribution < 1.29 is 0 Å². The molecule has 0 radical (unpaired) electrons. The lowest BCUT2D eigenvalue weighted by atomic mass is 10.0. The van der Waals surface area contributed by atoms with Crippen LogP contribution in [0.2, 0.25) is 0 Å². The molecule has 0 bridgehead atoms. The van der Waals surface area contributed by atoms with Gasteiger partial charge in [-0.1, -0.05) is 0 Å². The predicted molar refractivity (Wildman–Crippen MR) is 65.8 cm³/mol. The number of hydrogen-bond donors (Lipinski definition) is 2. The van der Waals surface area contributed by atoms with Gasteiger partial charge in [0, 0.05) is 12.7 Å². The van der Waals surface area contributed by atoms with Crippen LogP contribution in [0.4, 0.5) is 5.82 Å². The molecule has 1 aliphatic carbocycles. The second-order valence-corrected chi connectivity index (χ2v) is 5.08. The van der Waals surface area contributed by atoms with Crippen LogP contribution in [0, 0.1) is 5.41 Å². The predicted octanol–water partition coefficient (Wildman–Crippen LogP) is 2.38. The van der Waals surface area contributed by atoms with Crippen LogP contribution in [0.25, 0.3) is 0 Å². The van der Waals surface area contributed by atoms with Crippen molar-refractivity contribution in [2.24, 2.45) is 11.1 Å². The van der Waals surface area contributed by atoms with E-state index in [0.29, 0.717) is 5.41 Å².